The molecule has 4 N–H and O–H groups in total. The average molecular weight is 300 g/mol. The number of aliphatic hydroxyl groups excluding tert-OH is 1. The van der Waals surface area contributed by atoms with Gasteiger partial charge in [-0.1, -0.05) is 32.9 Å². The second-order valence-electron chi connectivity index (χ2n) is 6.26. The van der Waals surface area contributed by atoms with Crippen molar-refractivity contribution in [3.63, 3.8) is 0 Å². The van der Waals surface area contributed by atoms with Crippen LogP contribution in [0.4, 0.5) is 5.69 Å². The van der Waals surface area contributed by atoms with Gasteiger partial charge in [-0.15, -0.1) is 0 Å². The third-order valence-corrected chi connectivity index (χ3v) is 4.51. The van der Waals surface area contributed by atoms with Crippen molar-refractivity contribution in [2.75, 3.05) is 12.3 Å². The molecule has 0 aliphatic carbocycles. The molecule has 0 aliphatic rings. The molecule has 20 heavy (non-hydrogen) atoms. The fourth-order valence-corrected chi connectivity index (χ4v) is 3.53. The van der Waals surface area contributed by atoms with Gasteiger partial charge in [-0.05, 0) is 30.4 Å². The number of nitrogens with two attached hydrogens (primary N) is 1. The Morgan fingerprint density at radius 2 is 1.95 bits per heavy atom. The topological polar surface area (TPSA) is 92.4 Å². The lowest BCUT2D eigenvalue weighted by molar-refractivity contribution is 0.125. The van der Waals surface area contributed by atoms with Gasteiger partial charge >= 0.3 is 0 Å². The molecule has 0 heterocycles. The van der Waals surface area contributed by atoms with Crippen LogP contribution in [0.5, 0.6) is 0 Å². The quantitative estimate of drug-likeness (QED) is 0.721. The smallest absolute Gasteiger partial charge is 0.242 e. The molecule has 0 bridgehead atoms. The number of nitrogens with one attached hydrogen (secondary N) is 1. The molecule has 0 aromatic heterocycles. The van der Waals surface area contributed by atoms with E-state index >= 15 is 0 Å². The standard InChI is InChI=1S/C14H24N2O3S/c1-10-6-5-7-12(15)13(10)20(18,19)16-9-11(17)8-14(2,3)4/h5-7,11,16-17H,8-9,15H2,1-4H3. The molecule has 1 aromatic carbocycles. The molecule has 5 nitrogen and oxygen atoms in total. The van der Waals surface area contributed by atoms with E-state index in [1.165, 1.54) is 0 Å². The number of aryl methyl sites for hydroxylation is 1. The summed E-state index contributed by atoms with van der Waals surface area (Å²) in [6, 6.07) is 4.95. The van der Waals surface area contributed by atoms with Crippen LogP contribution in [0.3, 0.4) is 0 Å². The Morgan fingerprint density at radius 1 is 1.35 bits per heavy atom. The zero-order valence-corrected chi connectivity index (χ0v) is 13.3. The molecule has 1 unspecified atom stereocenters. The second-order valence-corrected chi connectivity index (χ2v) is 7.97. The van der Waals surface area contributed by atoms with Gasteiger partial charge in [0.2, 0.25) is 10.0 Å². The average Bonchev–Trinajstić information content (AvgIpc) is 2.23. The van der Waals surface area contributed by atoms with Gasteiger partial charge in [-0.25, -0.2) is 13.1 Å². The largest absolute Gasteiger partial charge is 0.398 e. The van der Waals surface area contributed by atoms with Crippen LogP contribution in [-0.2, 0) is 10.0 Å². The molecular formula is C14H24N2O3S. The first-order valence-electron chi connectivity index (χ1n) is 6.56. The van der Waals surface area contributed by atoms with E-state index in [9.17, 15) is 13.5 Å². The summed E-state index contributed by atoms with van der Waals surface area (Å²) in [5.74, 6) is 0. The minimum atomic E-state index is -3.71. The number of aliphatic hydroxyl groups is 1. The van der Waals surface area contributed by atoms with Crippen LogP contribution >= 0.6 is 0 Å². The zero-order valence-electron chi connectivity index (χ0n) is 12.5. The van der Waals surface area contributed by atoms with Gasteiger partial charge in [0, 0.05) is 6.54 Å². The van der Waals surface area contributed by atoms with Gasteiger partial charge in [0.15, 0.2) is 0 Å². The SMILES string of the molecule is Cc1cccc(N)c1S(=O)(=O)NCC(O)CC(C)(C)C. The summed E-state index contributed by atoms with van der Waals surface area (Å²) in [7, 11) is -3.71. The Kier molecular flexibility index (Phi) is 5.18. The summed E-state index contributed by atoms with van der Waals surface area (Å²) in [6.07, 6.45) is -0.214. The van der Waals surface area contributed by atoms with Crippen molar-refractivity contribution in [2.45, 2.75) is 45.1 Å². The summed E-state index contributed by atoms with van der Waals surface area (Å²) in [4.78, 5) is 0.0861. The highest BCUT2D eigenvalue weighted by atomic mass is 32.2. The number of hydrogen-bond acceptors (Lipinski definition) is 4. The molecule has 1 rings (SSSR count). The summed E-state index contributed by atoms with van der Waals surface area (Å²) >= 11 is 0. The Morgan fingerprint density at radius 3 is 2.45 bits per heavy atom. The van der Waals surface area contributed by atoms with E-state index in [4.69, 9.17) is 5.73 Å². The maximum atomic E-state index is 12.2. The first-order chi connectivity index (χ1) is 9.03. The molecule has 0 radical (unpaired) electrons. The van der Waals surface area contributed by atoms with Crippen LogP contribution in [0.25, 0.3) is 0 Å². The lowest BCUT2D eigenvalue weighted by Gasteiger charge is -2.22. The molecule has 0 saturated heterocycles. The molecule has 0 amide bonds. The highest BCUT2D eigenvalue weighted by Crippen LogP contribution is 2.23. The predicted molar refractivity (Wildman–Crippen MR) is 80.9 cm³/mol. The van der Waals surface area contributed by atoms with Crippen molar-refractivity contribution in [1.82, 2.24) is 4.72 Å². The van der Waals surface area contributed by atoms with Crippen molar-refractivity contribution in [3.05, 3.63) is 23.8 Å². The van der Waals surface area contributed by atoms with Crippen molar-refractivity contribution in [2.24, 2.45) is 5.41 Å². The van der Waals surface area contributed by atoms with Crippen LogP contribution in [0.1, 0.15) is 32.8 Å². The molecule has 0 spiro atoms. The molecule has 0 fully saturated rings. The number of anilines is 1. The molecular weight excluding hydrogens is 276 g/mol. The number of rotatable bonds is 5. The highest BCUT2D eigenvalue weighted by molar-refractivity contribution is 7.89. The van der Waals surface area contributed by atoms with E-state index in [2.05, 4.69) is 4.72 Å². The third-order valence-electron chi connectivity index (χ3n) is 2.87. The molecule has 1 aromatic rings. The monoisotopic (exact) mass is 300 g/mol. The van der Waals surface area contributed by atoms with Crippen LogP contribution < -0.4 is 10.5 Å². The van der Waals surface area contributed by atoms with Gasteiger partial charge in [0.25, 0.3) is 0 Å². The van der Waals surface area contributed by atoms with E-state index in [1.54, 1.807) is 25.1 Å². The van der Waals surface area contributed by atoms with E-state index in [0.29, 0.717) is 12.0 Å². The van der Waals surface area contributed by atoms with E-state index in [1.807, 2.05) is 20.8 Å². The van der Waals surface area contributed by atoms with Crippen molar-refractivity contribution in [3.8, 4) is 0 Å². The summed E-state index contributed by atoms with van der Waals surface area (Å²) < 4.78 is 26.9. The third kappa shape index (κ3) is 4.77. The predicted octanol–water partition coefficient (Wildman–Crippen LogP) is 1.65. The number of benzene rings is 1. The first kappa shape index (κ1) is 16.9. The Balaban J connectivity index is 2.82. The van der Waals surface area contributed by atoms with Gasteiger partial charge in [0.1, 0.15) is 4.90 Å². The Bertz CT molecular complexity index is 542. The van der Waals surface area contributed by atoms with Crippen LogP contribution in [-0.4, -0.2) is 26.2 Å². The summed E-state index contributed by atoms with van der Waals surface area (Å²) in [5, 5.41) is 9.88. The Labute approximate surface area is 121 Å². The van der Waals surface area contributed by atoms with Crippen molar-refractivity contribution < 1.29 is 13.5 Å². The van der Waals surface area contributed by atoms with Gasteiger partial charge in [0.05, 0.1) is 11.8 Å². The normalized spacial score (nSPS) is 14.2. The van der Waals surface area contributed by atoms with E-state index < -0.39 is 16.1 Å². The van der Waals surface area contributed by atoms with Gasteiger partial charge < -0.3 is 10.8 Å². The molecule has 0 aliphatic heterocycles. The lowest BCUT2D eigenvalue weighted by atomic mass is 9.89. The maximum absolute atomic E-state index is 12.2. The van der Waals surface area contributed by atoms with Crippen LogP contribution in [0, 0.1) is 12.3 Å². The molecule has 0 saturated carbocycles. The minimum absolute atomic E-state index is 0.0205. The number of sulfonamides is 1. The second kappa shape index (κ2) is 6.11. The van der Waals surface area contributed by atoms with Gasteiger partial charge in [-0.2, -0.15) is 0 Å². The van der Waals surface area contributed by atoms with Crippen molar-refractivity contribution in [1.29, 1.82) is 0 Å². The summed E-state index contributed by atoms with van der Waals surface area (Å²) in [6.45, 7) is 7.64. The molecule has 114 valence electrons. The first-order valence-corrected chi connectivity index (χ1v) is 8.04. The van der Waals surface area contributed by atoms with E-state index in [-0.39, 0.29) is 22.5 Å². The fourth-order valence-electron chi connectivity index (χ4n) is 2.10. The highest BCUT2D eigenvalue weighted by Gasteiger charge is 2.22. The Hall–Kier alpha value is -1.11. The van der Waals surface area contributed by atoms with E-state index in [0.717, 1.165) is 0 Å². The fraction of sp³-hybridized carbons (Fsp3) is 0.571. The summed E-state index contributed by atoms with van der Waals surface area (Å²) in [5.41, 5.74) is 6.47. The van der Waals surface area contributed by atoms with Gasteiger partial charge in [-0.3, -0.25) is 0 Å². The van der Waals surface area contributed by atoms with Crippen LogP contribution in [0.2, 0.25) is 0 Å². The number of hydrogen-bond donors (Lipinski definition) is 3. The number of nitrogen functional groups attached to an aromatic ring is 1. The van der Waals surface area contributed by atoms with Crippen molar-refractivity contribution >= 4 is 15.7 Å². The molecule has 1 atom stereocenters. The lowest BCUT2D eigenvalue weighted by Crippen LogP contribution is -2.34. The molecule has 6 heteroatoms. The zero-order chi connectivity index (χ0) is 15.6. The van der Waals surface area contributed by atoms with Crippen LogP contribution in [0.15, 0.2) is 23.1 Å². The maximum Gasteiger partial charge on any atom is 0.242 e. The minimum Gasteiger partial charge on any atom is -0.398 e.